The predicted octanol–water partition coefficient (Wildman–Crippen LogP) is 1.80. The van der Waals surface area contributed by atoms with Crippen LogP contribution in [0.25, 0.3) is 0 Å². The molecule has 1 aliphatic rings. The van der Waals surface area contributed by atoms with Gasteiger partial charge in [0.1, 0.15) is 4.21 Å². The van der Waals surface area contributed by atoms with E-state index in [2.05, 4.69) is 0 Å². The lowest BCUT2D eigenvalue weighted by Gasteiger charge is -2.19. The zero-order valence-corrected chi connectivity index (χ0v) is 11.4. The third-order valence-electron chi connectivity index (χ3n) is 2.75. The summed E-state index contributed by atoms with van der Waals surface area (Å²) in [5, 5.41) is 8.98. The van der Waals surface area contributed by atoms with E-state index >= 15 is 0 Å². The standard InChI is InChI=1S/C11H17NO3S2/c1-2-7-12(9-3-4-9)17(14,15)11-6-5-10(8-13)16-11/h5-6,9,13H,2-4,7-8H2,1H3. The molecule has 1 aliphatic carbocycles. The highest BCUT2D eigenvalue weighted by Gasteiger charge is 2.37. The van der Waals surface area contributed by atoms with Crippen molar-refractivity contribution in [2.24, 2.45) is 0 Å². The number of hydrogen-bond acceptors (Lipinski definition) is 4. The third-order valence-corrected chi connectivity index (χ3v) is 6.24. The van der Waals surface area contributed by atoms with E-state index in [0.717, 1.165) is 30.6 Å². The topological polar surface area (TPSA) is 57.6 Å². The number of aliphatic hydroxyl groups excluding tert-OH is 1. The molecule has 6 heteroatoms. The second kappa shape index (κ2) is 5.06. The van der Waals surface area contributed by atoms with Crippen LogP contribution in [0, 0.1) is 0 Å². The van der Waals surface area contributed by atoms with E-state index in [-0.39, 0.29) is 12.6 Å². The Bertz CT molecular complexity index is 477. The molecule has 1 N–H and O–H groups in total. The quantitative estimate of drug-likeness (QED) is 0.861. The van der Waals surface area contributed by atoms with Gasteiger partial charge in [-0.1, -0.05) is 6.92 Å². The van der Waals surface area contributed by atoms with Crippen molar-refractivity contribution in [2.75, 3.05) is 6.54 Å². The molecule has 0 unspecified atom stereocenters. The van der Waals surface area contributed by atoms with E-state index in [1.165, 1.54) is 0 Å². The van der Waals surface area contributed by atoms with Gasteiger partial charge in [0.25, 0.3) is 10.0 Å². The first-order valence-corrected chi connectivity index (χ1v) is 8.06. The van der Waals surface area contributed by atoms with Crippen LogP contribution in [-0.2, 0) is 16.6 Å². The van der Waals surface area contributed by atoms with Crippen molar-refractivity contribution in [1.82, 2.24) is 4.31 Å². The zero-order chi connectivity index (χ0) is 12.5. The number of aliphatic hydroxyl groups is 1. The molecule has 2 rings (SSSR count). The van der Waals surface area contributed by atoms with E-state index in [1.54, 1.807) is 16.4 Å². The molecular weight excluding hydrogens is 258 g/mol. The SMILES string of the molecule is CCCN(C1CC1)S(=O)(=O)c1ccc(CO)s1. The molecule has 0 radical (unpaired) electrons. The minimum atomic E-state index is -3.35. The highest BCUT2D eigenvalue weighted by Crippen LogP contribution is 2.34. The lowest BCUT2D eigenvalue weighted by Crippen LogP contribution is -2.33. The van der Waals surface area contributed by atoms with E-state index in [0.29, 0.717) is 15.6 Å². The average Bonchev–Trinajstić information content (AvgIpc) is 3.01. The van der Waals surface area contributed by atoms with E-state index in [9.17, 15) is 8.42 Å². The second-order valence-corrected chi connectivity index (χ2v) is 7.51. The number of thiophene rings is 1. The second-order valence-electron chi connectivity index (χ2n) is 4.23. The monoisotopic (exact) mass is 275 g/mol. The maximum Gasteiger partial charge on any atom is 0.252 e. The normalized spacial score (nSPS) is 16.6. The van der Waals surface area contributed by atoms with Crippen LogP contribution in [0.15, 0.2) is 16.3 Å². The summed E-state index contributed by atoms with van der Waals surface area (Å²) in [4.78, 5) is 0.691. The highest BCUT2D eigenvalue weighted by atomic mass is 32.2. The minimum absolute atomic E-state index is 0.0998. The summed E-state index contributed by atoms with van der Waals surface area (Å²) in [6.07, 6.45) is 2.77. The van der Waals surface area contributed by atoms with Crippen LogP contribution in [0.2, 0.25) is 0 Å². The van der Waals surface area contributed by atoms with Gasteiger partial charge >= 0.3 is 0 Å². The van der Waals surface area contributed by atoms with Gasteiger partial charge < -0.3 is 5.11 Å². The first kappa shape index (κ1) is 13.0. The molecule has 96 valence electrons. The molecule has 1 saturated carbocycles. The van der Waals surface area contributed by atoms with E-state index in [1.807, 2.05) is 6.92 Å². The number of rotatable bonds is 6. The zero-order valence-electron chi connectivity index (χ0n) is 9.80. The molecule has 0 atom stereocenters. The highest BCUT2D eigenvalue weighted by molar-refractivity contribution is 7.91. The Kier molecular flexibility index (Phi) is 3.87. The summed E-state index contributed by atoms with van der Waals surface area (Å²) in [6, 6.07) is 3.46. The average molecular weight is 275 g/mol. The van der Waals surface area contributed by atoms with Gasteiger partial charge in [0.15, 0.2) is 0 Å². The fourth-order valence-corrected chi connectivity index (χ4v) is 4.90. The summed E-state index contributed by atoms with van der Waals surface area (Å²) < 4.78 is 26.7. The molecule has 1 aromatic rings. The van der Waals surface area contributed by atoms with Gasteiger partial charge in [-0.3, -0.25) is 0 Å². The Morgan fingerprint density at radius 2 is 2.18 bits per heavy atom. The molecule has 0 amide bonds. The summed E-state index contributed by atoms with van der Waals surface area (Å²) >= 11 is 1.16. The van der Waals surface area contributed by atoms with Gasteiger partial charge in [-0.25, -0.2) is 8.42 Å². The largest absolute Gasteiger partial charge is 0.391 e. The van der Waals surface area contributed by atoms with Crippen molar-refractivity contribution in [3.63, 3.8) is 0 Å². The third kappa shape index (κ3) is 2.70. The number of nitrogens with zero attached hydrogens (tertiary/aromatic N) is 1. The van der Waals surface area contributed by atoms with Crippen LogP contribution in [0.5, 0.6) is 0 Å². The molecule has 0 saturated heterocycles. The van der Waals surface area contributed by atoms with Crippen molar-refractivity contribution < 1.29 is 13.5 Å². The Morgan fingerprint density at radius 3 is 2.65 bits per heavy atom. The van der Waals surface area contributed by atoms with Crippen LogP contribution in [-0.4, -0.2) is 30.4 Å². The first-order valence-electron chi connectivity index (χ1n) is 5.81. The molecular formula is C11H17NO3S2. The molecule has 0 aromatic carbocycles. The molecule has 0 spiro atoms. The van der Waals surface area contributed by atoms with Gasteiger partial charge in [0, 0.05) is 17.5 Å². The molecule has 1 fully saturated rings. The molecule has 17 heavy (non-hydrogen) atoms. The first-order chi connectivity index (χ1) is 8.09. The smallest absolute Gasteiger partial charge is 0.252 e. The van der Waals surface area contributed by atoms with Crippen molar-refractivity contribution in [3.8, 4) is 0 Å². The lowest BCUT2D eigenvalue weighted by molar-refractivity contribution is 0.285. The Labute approximate surface area is 106 Å². The van der Waals surface area contributed by atoms with Gasteiger partial charge in [-0.15, -0.1) is 11.3 Å². The van der Waals surface area contributed by atoms with E-state index < -0.39 is 10.0 Å². The summed E-state index contributed by atoms with van der Waals surface area (Å²) in [6.45, 7) is 2.47. The van der Waals surface area contributed by atoms with Crippen molar-refractivity contribution in [2.45, 2.75) is 43.0 Å². The van der Waals surface area contributed by atoms with Crippen LogP contribution in [0.1, 0.15) is 31.1 Å². The van der Waals surface area contributed by atoms with Crippen molar-refractivity contribution in [1.29, 1.82) is 0 Å². The fourth-order valence-electron chi connectivity index (χ4n) is 1.78. The molecule has 4 nitrogen and oxygen atoms in total. The maximum absolute atomic E-state index is 12.4. The fraction of sp³-hybridized carbons (Fsp3) is 0.636. The Hall–Kier alpha value is -0.430. The molecule has 0 bridgehead atoms. The number of sulfonamides is 1. The van der Waals surface area contributed by atoms with E-state index in [4.69, 9.17) is 5.11 Å². The summed E-state index contributed by atoms with van der Waals surface area (Å²) in [7, 11) is -3.35. The van der Waals surface area contributed by atoms with Crippen molar-refractivity contribution >= 4 is 21.4 Å². The van der Waals surface area contributed by atoms with Crippen LogP contribution in [0.4, 0.5) is 0 Å². The van der Waals surface area contributed by atoms with Gasteiger partial charge in [-0.05, 0) is 31.4 Å². The molecule has 1 aromatic heterocycles. The maximum atomic E-state index is 12.4. The lowest BCUT2D eigenvalue weighted by atomic mass is 10.5. The summed E-state index contributed by atoms with van der Waals surface area (Å²) in [5.41, 5.74) is 0. The van der Waals surface area contributed by atoms with Crippen LogP contribution in [0.3, 0.4) is 0 Å². The van der Waals surface area contributed by atoms with Gasteiger partial charge in [0.05, 0.1) is 6.61 Å². The number of hydrogen-bond donors (Lipinski definition) is 1. The Balaban J connectivity index is 2.26. The van der Waals surface area contributed by atoms with Crippen molar-refractivity contribution in [3.05, 3.63) is 17.0 Å². The predicted molar refractivity (Wildman–Crippen MR) is 67.4 cm³/mol. The Morgan fingerprint density at radius 1 is 1.47 bits per heavy atom. The molecule has 1 heterocycles. The van der Waals surface area contributed by atoms with Crippen LogP contribution < -0.4 is 0 Å². The van der Waals surface area contributed by atoms with Gasteiger partial charge in [-0.2, -0.15) is 4.31 Å². The molecule has 0 aliphatic heterocycles. The summed E-state index contributed by atoms with van der Waals surface area (Å²) in [5.74, 6) is 0. The minimum Gasteiger partial charge on any atom is -0.391 e. The van der Waals surface area contributed by atoms with Gasteiger partial charge in [0.2, 0.25) is 0 Å². The van der Waals surface area contributed by atoms with Crippen LogP contribution >= 0.6 is 11.3 Å².